The third-order valence-corrected chi connectivity index (χ3v) is 0. The summed E-state index contributed by atoms with van der Waals surface area (Å²) in [6.07, 6.45) is 0. The average molecular weight is 391 g/mol. The van der Waals surface area contributed by atoms with E-state index in [1.165, 1.54) is 0 Å². The van der Waals surface area contributed by atoms with Gasteiger partial charge in [0.15, 0.2) is 0 Å². The van der Waals surface area contributed by atoms with Gasteiger partial charge in [0.25, 0.3) is 0 Å². The maximum atomic E-state index is 8.88. The molecule has 0 atom stereocenters. The maximum absolute atomic E-state index is 8.88. The molecule has 0 heterocycles. The Bertz CT molecular complexity index is 116. The summed E-state index contributed by atoms with van der Waals surface area (Å²) in [6, 6.07) is 0. The Balaban J connectivity index is -0.0000000267. The molecule has 0 saturated heterocycles. The first-order chi connectivity index (χ1) is 4.00. The van der Waals surface area contributed by atoms with Crippen LogP contribution in [0.3, 0.4) is 0 Å². The molecule has 0 aromatic heterocycles. The molecule has 0 aliphatic carbocycles. The van der Waals surface area contributed by atoms with Gasteiger partial charge in [-0.05, 0) is 0 Å². The average Bonchev–Trinajstić information content (AvgIpc) is 1.12. The first-order valence-electron chi connectivity index (χ1n) is 1.68. The Kier molecular flexibility index (Phi) is 31.4. The second-order valence-electron chi connectivity index (χ2n) is 1.11. The topological polar surface area (TPSA) is 159 Å². The summed E-state index contributed by atoms with van der Waals surface area (Å²) in [7, 11) is -9.25. The van der Waals surface area contributed by atoms with Crippen LogP contribution in [-0.4, -0.2) is 126 Å². The van der Waals surface area contributed by atoms with Crippen LogP contribution in [0.4, 0.5) is 0 Å². The fourth-order valence-corrected chi connectivity index (χ4v) is 0. The zero-order valence-corrected chi connectivity index (χ0v) is 10.1. The summed E-state index contributed by atoms with van der Waals surface area (Å²) in [5.74, 6) is 0. The Morgan fingerprint density at radius 1 is 0.923 bits per heavy atom. The van der Waals surface area contributed by atoms with Crippen molar-refractivity contribution in [3.05, 3.63) is 0 Å². The molecule has 0 unspecified atom stereocenters. The summed E-state index contributed by atoms with van der Waals surface area (Å²) >= 11 is 0. The predicted molar refractivity (Wildman–Crippen MR) is 46.0 cm³/mol. The molecular formula is H11CaO8PSiSrZn. The first-order valence-corrected chi connectivity index (χ1v) is 5.03. The second-order valence-corrected chi connectivity index (χ2v) is 3.34. The van der Waals surface area contributed by atoms with E-state index in [4.69, 9.17) is 38.4 Å². The fraction of sp³-hybridized carbons (Fsp3) is 0. The van der Waals surface area contributed by atoms with Gasteiger partial charge in [-0.2, -0.15) is 0 Å². The van der Waals surface area contributed by atoms with Crippen molar-refractivity contribution in [1.82, 2.24) is 0 Å². The second kappa shape index (κ2) is 13.6. The zero-order valence-electron chi connectivity index (χ0n) is 5.19. The summed E-state index contributed by atoms with van der Waals surface area (Å²) in [4.78, 5) is 50.9. The minimum atomic E-state index is -4.64. The molecule has 0 aliphatic heterocycles. The number of hydrogen-bond acceptors (Lipinski definition) is 5. The van der Waals surface area contributed by atoms with E-state index in [1.807, 2.05) is 0 Å². The van der Waals surface area contributed by atoms with E-state index in [1.54, 1.807) is 0 Å². The van der Waals surface area contributed by atoms with Crippen LogP contribution < -0.4 is 0 Å². The molecule has 0 radical (unpaired) electrons. The van der Waals surface area contributed by atoms with Gasteiger partial charge >= 0.3 is 100 Å². The Hall–Kier alpha value is 3.53. The van der Waals surface area contributed by atoms with E-state index < -0.39 is 16.9 Å². The Morgan fingerprint density at radius 3 is 0.923 bits per heavy atom. The van der Waals surface area contributed by atoms with Crippen molar-refractivity contribution in [1.29, 1.82) is 0 Å². The van der Waals surface area contributed by atoms with Gasteiger partial charge in [0.1, 0.15) is 0 Å². The zero-order chi connectivity index (χ0) is 9.00. The quantitative estimate of drug-likeness (QED) is 0.159. The molecule has 13 heavy (non-hydrogen) atoms. The van der Waals surface area contributed by atoms with Gasteiger partial charge in [-0.3, -0.25) is 0 Å². The van der Waals surface area contributed by atoms with Crippen LogP contribution in [0.15, 0.2) is 0 Å². The van der Waals surface area contributed by atoms with Gasteiger partial charge in [0.2, 0.25) is 0 Å². The van der Waals surface area contributed by atoms with Crippen LogP contribution >= 0.6 is 7.82 Å². The number of hydrogen-bond donors (Lipinski definition) is 7. The molecule has 0 amide bonds. The van der Waals surface area contributed by atoms with Gasteiger partial charge in [0.05, 0.1) is 0 Å². The molecule has 0 spiro atoms. The molecule has 0 saturated carbocycles. The smallest absolute Gasteiger partial charge is 0 e. The van der Waals surface area contributed by atoms with Gasteiger partial charge < -0.3 is 33.9 Å². The van der Waals surface area contributed by atoms with Crippen molar-refractivity contribution in [3.8, 4) is 0 Å². The molecule has 0 aliphatic rings. The van der Waals surface area contributed by atoms with E-state index >= 15 is 0 Å². The summed E-state index contributed by atoms with van der Waals surface area (Å²) < 4.78 is 8.88. The number of rotatable bonds is 0. The summed E-state index contributed by atoms with van der Waals surface area (Å²) in [6.45, 7) is 0. The summed E-state index contributed by atoms with van der Waals surface area (Å²) in [5, 5.41) is 0. The predicted octanol–water partition coefficient (Wildman–Crippen LogP) is -5.37. The molecule has 0 rings (SSSR count). The van der Waals surface area contributed by atoms with E-state index in [9.17, 15) is 0 Å². The van der Waals surface area contributed by atoms with Crippen molar-refractivity contribution >= 4 is 100 Å². The van der Waals surface area contributed by atoms with Gasteiger partial charge in [-0.25, -0.2) is 4.57 Å². The first kappa shape index (κ1) is 30.0. The Labute approximate surface area is 155 Å². The third-order valence-electron chi connectivity index (χ3n) is 0. The molecule has 0 fully saturated rings. The van der Waals surface area contributed by atoms with Crippen molar-refractivity contribution in [2.45, 2.75) is 0 Å². The van der Waals surface area contributed by atoms with Crippen LogP contribution in [0.1, 0.15) is 0 Å². The van der Waals surface area contributed by atoms with Crippen molar-refractivity contribution in [2.24, 2.45) is 0 Å². The molecule has 0 aromatic rings. The maximum Gasteiger partial charge on any atom is 0 e. The van der Waals surface area contributed by atoms with Crippen molar-refractivity contribution < 1.29 is 57.9 Å². The molecule has 74 valence electrons. The van der Waals surface area contributed by atoms with Crippen molar-refractivity contribution in [3.63, 3.8) is 0 Å². The van der Waals surface area contributed by atoms with Gasteiger partial charge in [-0.1, -0.05) is 0 Å². The SMILES string of the molecule is O=P(O)(O)O.O[Si](O)(O)O.[CaH2].[SrH2].[Zn]. The standard InChI is InChI=1S/Ca.H3O4P.H4O4Si.Sr.Zn.4H/c;2*1-5(2,3)4;;;;;;/h;(H3,1,2,3,4);1-4H;;;;;;. The monoisotopic (exact) mass is 390 g/mol. The van der Waals surface area contributed by atoms with Crippen LogP contribution in [0.5, 0.6) is 0 Å². The minimum absolute atomic E-state index is 0. The van der Waals surface area contributed by atoms with E-state index in [0.29, 0.717) is 0 Å². The van der Waals surface area contributed by atoms with E-state index in [-0.39, 0.29) is 103 Å². The minimum Gasteiger partial charge on any atom is 0 e. The van der Waals surface area contributed by atoms with Crippen LogP contribution in [0.25, 0.3) is 0 Å². The largest absolute Gasteiger partial charge is 0 e. The fourth-order valence-electron chi connectivity index (χ4n) is 0. The molecule has 0 aromatic carbocycles. The molecule has 8 nitrogen and oxygen atoms in total. The van der Waals surface area contributed by atoms with Crippen LogP contribution in [0.2, 0.25) is 0 Å². The number of phosphoric acid groups is 1. The third kappa shape index (κ3) is 228. The van der Waals surface area contributed by atoms with Gasteiger partial charge in [0, 0.05) is 19.5 Å². The van der Waals surface area contributed by atoms with Crippen LogP contribution in [-0.2, 0) is 24.0 Å². The molecular weight excluding hydrogens is 380 g/mol. The van der Waals surface area contributed by atoms with E-state index in [0.717, 1.165) is 0 Å². The molecule has 7 N–H and O–H groups in total. The molecule has 0 bridgehead atoms. The normalized spacial score (nSPS) is 9.15. The van der Waals surface area contributed by atoms with Crippen molar-refractivity contribution in [2.75, 3.05) is 0 Å². The summed E-state index contributed by atoms with van der Waals surface area (Å²) in [5.41, 5.74) is 0. The Morgan fingerprint density at radius 2 is 0.923 bits per heavy atom. The van der Waals surface area contributed by atoms with E-state index in [2.05, 4.69) is 0 Å². The van der Waals surface area contributed by atoms with Gasteiger partial charge in [-0.15, -0.1) is 0 Å². The van der Waals surface area contributed by atoms with Crippen LogP contribution in [0, 0.1) is 0 Å². The molecule has 13 heteroatoms.